The van der Waals surface area contributed by atoms with Crippen molar-refractivity contribution < 1.29 is 28.2 Å². The quantitative estimate of drug-likeness (QED) is 0.344. The number of methoxy groups -OCH3 is 1. The van der Waals surface area contributed by atoms with E-state index >= 15 is 0 Å². The van der Waals surface area contributed by atoms with E-state index in [4.69, 9.17) is 14.2 Å². The van der Waals surface area contributed by atoms with Gasteiger partial charge >= 0.3 is 12.1 Å². The van der Waals surface area contributed by atoms with Crippen LogP contribution in [0.2, 0.25) is 0 Å². The van der Waals surface area contributed by atoms with Gasteiger partial charge in [-0.15, -0.1) is 11.3 Å². The van der Waals surface area contributed by atoms with Crippen molar-refractivity contribution in [2.75, 3.05) is 7.11 Å². The number of alkyl carbamates (subject to hydrolysis) is 1. The first-order valence-corrected chi connectivity index (χ1v) is 13.2. The van der Waals surface area contributed by atoms with Crippen molar-refractivity contribution in [3.8, 4) is 16.3 Å². The molecule has 1 aliphatic rings. The third-order valence-corrected chi connectivity index (χ3v) is 7.47. The molecule has 1 aromatic carbocycles. The normalized spacial score (nSPS) is 18.1. The van der Waals surface area contributed by atoms with Crippen molar-refractivity contribution in [1.29, 1.82) is 0 Å². The Morgan fingerprint density at radius 2 is 1.97 bits per heavy atom. The van der Waals surface area contributed by atoms with Gasteiger partial charge in [0.2, 0.25) is 0 Å². The third kappa shape index (κ3) is 6.85. The fourth-order valence-corrected chi connectivity index (χ4v) is 5.39. The number of nitrogens with zero attached hydrogens (tertiary/aromatic N) is 1. The van der Waals surface area contributed by atoms with Crippen LogP contribution in [0, 0.1) is 18.0 Å². The number of aryl methyl sites for hydroxylation is 1. The molecule has 37 heavy (non-hydrogen) atoms. The summed E-state index contributed by atoms with van der Waals surface area (Å²) in [5.41, 5.74) is 2.76. The number of thiophene rings is 1. The Bertz CT molecular complexity index is 1230. The number of pyridine rings is 1. The van der Waals surface area contributed by atoms with Crippen molar-refractivity contribution in [1.82, 2.24) is 10.3 Å². The molecule has 1 N–H and O–H groups in total. The molecule has 1 aliphatic carbocycles. The number of rotatable bonds is 8. The smallest absolute Gasteiger partial charge is 0.408 e. The predicted octanol–water partition coefficient (Wildman–Crippen LogP) is 6.36. The van der Waals surface area contributed by atoms with E-state index in [1.165, 1.54) is 13.2 Å². The molecule has 0 aliphatic heterocycles. The van der Waals surface area contributed by atoms with Crippen LogP contribution in [-0.2, 0) is 20.8 Å². The van der Waals surface area contributed by atoms with Gasteiger partial charge in [-0.1, -0.05) is 30.3 Å². The molecule has 196 valence electrons. The topological polar surface area (TPSA) is 86.8 Å². The maximum absolute atomic E-state index is 14.2. The number of carbonyl (C=O) groups excluding carboxylic acids is 2. The second kappa shape index (κ2) is 12.2. The highest BCUT2D eigenvalue weighted by Gasteiger charge is 2.29. The summed E-state index contributed by atoms with van der Waals surface area (Å²) >= 11 is 0.973. The molecular formula is C28H31FN2O5S. The van der Waals surface area contributed by atoms with E-state index in [-0.39, 0.29) is 29.7 Å². The minimum absolute atomic E-state index is 0.0903. The number of hydrogen-bond acceptors (Lipinski definition) is 7. The third-order valence-electron chi connectivity index (χ3n) is 6.48. The standard InChI is InChI=1S/C28H31FN2O5S/c1-17-24(36-22-11-7-10-20(14-22)27(32)34-3)13-12-23(31-17)26-21(15-25(29)37-26)16-30-28(33)35-18(2)19-8-5-4-6-9-19/h4-6,8-9,12-13,15,18,20,22H,7,10-11,14,16H2,1-3H3,(H,30,33)/t18-,20+,22+/m1/s1. The minimum Gasteiger partial charge on any atom is -0.489 e. The van der Waals surface area contributed by atoms with Crippen LogP contribution >= 0.6 is 11.3 Å². The number of carbonyl (C=O) groups is 2. The number of esters is 1. The molecule has 2 heterocycles. The molecule has 2 aromatic heterocycles. The Hall–Kier alpha value is -3.46. The molecule has 0 spiro atoms. The predicted molar refractivity (Wildman–Crippen MR) is 139 cm³/mol. The van der Waals surface area contributed by atoms with Gasteiger partial charge in [-0.3, -0.25) is 4.79 Å². The number of halogens is 1. The Balaban J connectivity index is 1.39. The number of benzene rings is 1. The van der Waals surface area contributed by atoms with Crippen LogP contribution in [0.5, 0.6) is 5.75 Å². The minimum atomic E-state index is -0.584. The molecular weight excluding hydrogens is 495 g/mol. The van der Waals surface area contributed by atoms with Crippen molar-refractivity contribution in [3.05, 3.63) is 70.5 Å². The molecule has 0 saturated heterocycles. The van der Waals surface area contributed by atoms with Crippen LogP contribution in [0.1, 0.15) is 55.5 Å². The lowest BCUT2D eigenvalue weighted by atomic mass is 9.87. The van der Waals surface area contributed by atoms with E-state index in [1.807, 2.05) is 43.3 Å². The molecule has 9 heteroatoms. The summed E-state index contributed by atoms with van der Waals surface area (Å²) in [4.78, 5) is 29.6. The summed E-state index contributed by atoms with van der Waals surface area (Å²) < 4.78 is 30.7. The zero-order chi connectivity index (χ0) is 26.4. The lowest BCUT2D eigenvalue weighted by Gasteiger charge is -2.28. The summed E-state index contributed by atoms with van der Waals surface area (Å²) in [6.07, 6.45) is 2.09. The maximum atomic E-state index is 14.2. The largest absolute Gasteiger partial charge is 0.489 e. The van der Waals surface area contributed by atoms with Crippen molar-refractivity contribution in [3.63, 3.8) is 0 Å². The van der Waals surface area contributed by atoms with E-state index in [0.717, 1.165) is 36.2 Å². The highest BCUT2D eigenvalue weighted by Crippen LogP contribution is 2.34. The first-order chi connectivity index (χ1) is 17.8. The fraction of sp³-hybridized carbons (Fsp3) is 0.393. The van der Waals surface area contributed by atoms with Crippen molar-refractivity contribution in [2.45, 2.75) is 58.3 Å². The first-order valence-electron chi connectivity index (χ1n) is 12.3. The van der Waals surface area contributed by atoms with Gasteiger partial charge < -0.3 is 19.5 Å². The Kier molecular flexibility index (Phi) is 8.76. The number of hydrogen-bond donors (Lipinski definition) is 1. The van der Waals surface area contributed by atoms with E-state index in [0.29, 0.717) is 34.0 Å². The van der Waals surface area contributed by atoms with Gasteiger partial charge in [0.1, 0.15) is 11.9 Å². The van der Waals surface area contributed by atoms with Gasteiger partial charge in [0.25, 0.3) is 0 Å². The molecule has 0 bridgehead atoms. The van der Waals surface area contributed by atoms with E-state index in [9.17, 15) is 14.0 Å². The Morgan fingerprint density at radius 3 is 2.70 bits per heavy atom. The van der Waals surface area contributed by atoms with Crippen molar-refractivity contribution in [2.24, 2.45) is 5.92 Å². The number of ether oxygens (including phenoxy) is 3. The van der Waals surface area contributed by atoms with Crippen LogP contribution < -0.4 is 10.1 Å². The van der Waals surface area contributed by atoms with Gasteiger partial charge in [0.15, 0.2) is 5.13 Å². The molecule has 3 aromatic rings. The summed E-state index contributed by atoms with van der Waals surface area (Å²) in [5.74, 6) is 0.287. The average molecular weight is 527 g/mol. The van der Waals surface area contributed by atoms with Crippen LogP contribution in [0.15, 0.2) is 48.5 Å². The number of amides is 1. The second-order valence-corrected chi connectivity index (χ2v) is 10.1. The Labute approximate surface area is 220 Å². The van der Waals surface area contributed by atoms with E-state index in [1.54, 1.807) is 13.0 Å². The first kappa shape index (κ1) is 26.6. The lowest BCUT2D eigenvalue weighted by molar-refractivity contribution is -0.147. The van der Waals surface area contributed by atoms with Gasteiger partial charge in [-0.05, 0) is 68.9 Å². The van der Waals surface area contributed by atoms with Crippen LogP contribution in [-0.4, -0.2) is 30.3 Å². The zero-order valence-electron chi connectivity index (χ0n) is 21.2. The highest BCUT2D eigenvalue weighted by molar-refractivity contribution is 7.14. The molecule has 1 saturated carbocycles. The van der Waals surface area contributed by atoms with Gasteiger partial charge in [-0.25, -0.2) is 9.78 Å². The van der Waals surface area contributed by atoms with E-state index < -0.39 is 12.2 Å². The average Bonchev–Trinajstić information content (AvgIpc) is 3.29. The summed E-state index contributed by atoms with van der Waals surface area (Å²) in [7, 11) is 1.41. The lowest BCUT2D eigenvalue weighted by Crippen LogP contribution is -2.30. The molecule has 0 unspecified atom stereocenters. The highest BCUT2D eigenvalue weighted by atomic mass is 32.1. The number of nitrogens with one attached hydrogen (secondary N) is 1. The summed E-state index contributed by atoms with van der Waals surface area (Å²) in [6.45, 7) is 3.74. The monoisotopic (exact) mass is 526 g/mol. The molecule has 7 nitrogen and oxygen atoms in total. The van der Waals surface area contributed by atoms with Gasteiger partial charge in [0, 0.05) is 6.54 Å². The summed E-state index contributed by atoms with van der Waals surface area (Å²) in [6, 6.07) is 14.4. The maximum Gasteiger partial charge on any atom is 0.408 e. The molecule has 1 amide bonds. The summed E-state index contributed by atoms with van der Waals surface area (Å²) in [5, 5.41) is 2.34. The van der Waals surface area contributed by atoms with Crippen LogP contribution in [0.25, 0.3) is 10.6 Å². The van der Waals surface area contributed by atoms with Crippen LogP contribution in [0.4, 0.5) is 9.18 Å². The van der Waals surface area contributed by atoms with E-state index in [2.05, 4.69) is 10.3 Å². The van der Waals surface area contributed by atoms with Gasteiger partial charge in [-0.2, -0.15) is 4.39 Å². The fourth-order valence-electron chi connectivity index (χ4n) is 4.52. The number of aromatic nitrogens is 1. The molecule has 3 atom stereocenters. The molecule has 0 radical (unpaired) electrons. The van der Waals surface area contributed by atoms with Crippen LogP contribution in [0.3, 0.4) is 0 Å². The Morgan fingerprint density at radius 1 is 1.19 bits per heavy atom. The SMILES string of the molecule is COC(=O)[C@H]1CCC[C@H](Oc2ccc(-c3sc(F)cc3CNC(=O)O[C@H](C)c3ccccc3)nc2C)C1. The van der Waals surface area contributed by atoms with Gasteiger partial charge in [0.05, 0.1) is 35.4 Å². The zero-order valence-corrected chi connectivity index (χ0v) is 22.0. The van der Waals surface area contributed by atoms with Crippen molar-refractivity contribution >= 4 is 23.4 Å². The molecule has 4 rings (SSSR count). The molecule has 1 fully saturated rings. The second-order valence-electron chi connectivity index (χ2n) is 9.12.